The van der Waals surface area contributed by atoms with Crippen LogP contribution >= 0.6 is 0 Å². The van der Waals surface area contributed by atoms with Crippen LogP contribution in [0.25, 0.3) is 0 Å². The molecule has 150 valence electrons. The van der Waals surface area contributed by atoms with Crippen molar-refractivity contribution in [3.8, 4) is 0 Å². The molecule has 8 nitrogen and oxygen atoms in total. The van der Waals surface area contributed by atoms with Crippen molar-refractivity contribution in [1.82, 2.24) is 8.61 Å². The van der Waals surface area contributed by atoms with Crippen LogP contribution in [0.1, 0.15) is 52.4 Å². The second-order valence-corrected chi connectivity index (χ2v) is 10.7. The van der Waals surface area contributed by atoms with E-state index >= 15 is 0 Å². The quantitative estimate of drug-likeness (QED) is 0.393. The first-order valence-corrected chi connectivity index (χ1v) is 11.1. The Kier molecular flexibility index (Phi) is 5.51. The van der Waals surface area contributed by atoms with Crippen LogP contribution in [0.5, 0.6) is 0 Å². The van der Waals surface area contributed by atoms with E-state index in [0.29, 0.717) is 19.4 Å². The minimum absolute atomic E-state index is 0.000135. The van der Waals surface area contributed by atoms with Crippen molar-refractivity contribution in [3.63, 3.8) is 0 Å². The van der Waals surface area contributed by atoms with E-state index in [4.69, 9.17) is 21.5 Å². The highest BCUT2D eigenvalue weighted by Gasteiger charge is 2.55. The van der Waals surface area contributed by atoms with Crippen LogP contribution < -0.4 is 11.5 Å². The van der Waals surface area contributed by atoms with Gasteiger partial charge in [-0.1, -0.05) is 6.42 Å². The van der Waals surface area contributed by atoms with Crippen LogP contribution in [-0.4, -0.2) is 70.4 Å². The second-order valence-electron chi connectivity index (χ2n) is 8.88. The van der Waals surface area contributed by atoms with Crippen molar-refractivity contribution >= 4 is 17.3 Å². The largest absolute Gasteiger partial charge is 0.451 e. The zero-order chi connectivity index (χ0) is 19.3. The first-order valence-electron chi connectivity index (χ1n) is 9.70. The molecule has 3 atom stereocenters. The molecule has 0 amide bonds. The lowest BCUT2D eigenvalue weighted by molar-refractivity contribution is 0.256. The first-order chi connectivity index (χ1) is 12.0. The van der Waals surface area contributed by atoms with Gasteiger partial charge in [0.25, 0.3) is 10.2 Å². The fourth-order valence-electron chi connectivity index (χ4n) is 4.15. The lowest BCUT2D eigenvalue weighted by Crippen LogP contribution is -2.56. The molecule has 0 radical (unpaired) electrons. The van der Waals surface area contributed by atoms with E-state index in [1.165, 1.54) is 4.31 Å². The lowest BCUT2D eigenvalue weighted by atomic mass is 9.79. The number of hydrogen-bond donors (Lipinski definition) is 4. The van der Waals surface area contributed by atoms with Crippen LogP contribution in [0.2, 0.25) is 6.32 Å². The summed E-state index contributed by atoms with van der Waals surface area (Å²) in [6.45, 7) is 4.49. The molecular formula is C16H33BN4O4S. The van der Waals surface area contributed by atoms with Gasteiger partial charge in [0.2, 0.25) is 0 Å². The molecule has 26 heavy (non-hydrogen) atoms. The van der Waals surface area contributed by atoms with Crippen molar-refractivity contribution in [2.45, 2.75) is 81.9 Å². The van der Waals surface area contributed by atoms with Crippen molar-refractivity contribution in [2.75, 3.05) is 13.1 Å². The highest BCUT2D eigenvalue weighted by molar-refractivity contribution is 7.86. The first kappa shape index (κ1) is 20.5. The molecule has 3 fully saturated rings. The van der Waals surface area contributed by atoms with Gasteiger partial charge in [0.15, 0.2) is 0 Å². The molecule has 1 saturated heterocycles. The second kappa shape index (κ2) is 6.99. The van der Waals surface area contributed by atoms with Crippen molar-refractivity contribution in [3.05, 3.63) is 0 Å². The molecule has 1 heterocycles. The Bertz CT molecular complexity index is 622. The van der Waals surface area contributed by atoms with Crippen molar-refractivity contribution in [2.24, 2.45) is 17.4 Å². The molecule has 2 saturated carbocycles. The van der Waals surface area contributed by atoms with Gasteiger partial charge in [0.1, 0.15) is 0 Å². The fourth-order valence-corrected chi connectivity index (χ4v) is 6.43. The third-order valence-corrected chi connectivity index (χ3v) is 8.51. The van der Waals surface area contributed by atoms with Crippen LogP contribution in [0, 0.1) is 5.92 Å². The Morgan fingerprint density at radius 2 is 1.92 bits per heavy atom. The zero-order valence-corrected chi connectivity index (χ0v) is 16.7. The summed E-state index contributed by atoms with van der Waals surface area (Å²) < 4.78 is 30.0. The van der Waals surface area contributed by atoms with Gasteiger partial charge in [0.05, 0.1) is 0 Å². The summed E-state index contributed by atoms with van der Waals surface area (Å²) in [7, 11) is -4.95. The molecule has 1 aliphatic heterocycles. The molecule has 2 aliphatic carbocycles. The summed E-state index contributed by atoms with van der Waals surface area (Å²) in [6.07, 6.45) is 5.09. The summed E-state index contributed by atoms with van der Waals surface area (Å²) in [5.41, 5.74) is 11.7. The molecular weight excluding hydrogens is 355 g/mol. The van der Waals surface area contributed by atoms with E-state index in [9.17, 15) is 8.42 Å². The highest BCUT2D eigenvalue weighted by Crippen LogP contribution is 2.44. The van der Waals surface area contributed by atoms with E-state index in [1.54, 1.807) is 4.31 Å². The molecule has 0 spiro atoms. The fraction of sp³-hybridized carbons (Fsp3) is 1.00. The molecule has 10 heteroatoms. The van der Waals surface area contributed by atoms with Crippen LogP contribution in [0.15, 0.2) is 0 Å². The van der Waals surface area contributed by atoms with Gasteiger partial charge in [0, 0.05) is 36.3 Å². The topological polar surface area (TPSA) is 133 Å². The Labute approximate surface area is 157 Å². The predicted octanol–water partition coefficient (Wildman–Crippen LogP) is -0.522. The summed E-state index contributed by atoms with van der Waals surface area (Å²) in [4.78, 5) is 0. The van der Waals surface area contributed by atoms with Gasteiger partial charge in [-0.25, -0.2) is 0 Å². The standard InChI is InChI=1S/C16H33BN4O4S/c1-12(16(19)7-8-16)21(14-5-6-14)26(24,25)20-10-13(15(2,18)11-20)4-3-9-17(22)23/h12-14,22-23H,3-11,18-19H2,1-2H3/t12?,13-,15-/m0/s1. The van der Waals surface area contributed by atoms with Crippen molar-refractivity contribution in [1.29, 1.82) is 0 Å². The number of nitrogens with two attached hydrogens (primary N) is 2. The summed E-state index contributed by atoms with van der Waals surface area (Å²) >= 11 is 0. The van der Waals surface area contributed by atoms with E-state index < -0.39 is 28.4 Å². The normalized spacial score (nSPS) is 32.8. The molecule has 3 rings (SSSR count). The molecule has 1 unspecified atom stereocenters. The van der Waals surface area contributed by atoms with Crippen LogP contribution in [0.3, 0.4) is 0 Å². The Morgan fingerprint density at radius 3 is 2.42 bits per heavy atom. The molecule has 0 aromatic carbocycles. The summed E-state index contributed by atoms with van der Waals surface area (Å²) in [6, 6.07) is -0.142. The molecule has 0 aromatic heterocycles. The average molecular weight is 388 g/mol. The monoisotopic (exact) mass is 388 g/mol. The smallest absolute Gasteiger partial charge is 0.427 e. The number of nitrogens with zero attached hydrogens (tertiary/aromatic N) is 2. The number of rotatable bonds is 9. The lowest BCUT2D eigenvalue weighted by Gasteiger charge is -2.35. The maximum absolute atomic E-state index is 13.4. The van der Waals surface area contributed by atoms with Crippen LogP contribution in [-0.2, 0) is 10.2 Å². The van der Waals surface area contributed by atoms with E-state index in [1.807, 2.05) is 13.8 Å². The summed E-state index contributed by atoms with van der Waals surface area (Å²) in [5, 5.41) is 18.0. The average Bonchev–Trinajstić information content (AvgIpc) is 3.42. The minimum atomic E-state index is -3.62. The summed E-state index contributed by atoms with van der Waals surface area (Å²) in [5.74, 6) is 0.000135. The van der Waals surface area contributed by atoms with Crippen LogP contribution in [0.4, 0.5) is 0 Å². The third-order valence-electron chi connectivity index (χ3n) is 6.43. The molecule has 0 bridgehead atoms. The van der Waals surface area contributed by atoms with Gasteiger partial charge < -0.3 is 21.5 Å². The van der Waals surface area contributed by atoms with E-state index in [2.05, 4.69) is 0 Å². The maximum Gasteiger partial charge on any atom is 0.451 e. The molecule has 3 aliphatic rings. The number of hydrogen-bond acceptors (Lipinski definition) is 6. The highest BCUT2D eigenvalue weighted by atomic mass is 32.2. The van der Waals surface area contributed by atoms with Gasteiger partial charge in [-0.05, 0) is 58.2 Å². The Balaban J connectivity index is 1.72. The predicted molar refractivity (Wildman–Crippen MR) is 101 cm³/mol. The van der Waals surface area contributed by atoms with Crippen molar-refractivity contribution < 1.29 is 18.5 Å². The van der Waals surface area contributed by atoms with E-state index in [-0.39, 0.29) is 30.9 Å². The SMILES string of the molecule is CC(N(C1CC1)S(=O)(=O)N1C[C@H](CCCB(O)O)[C@@](C)(N)C1)C1(N)CC1. The van der Waals surface area contributed by atoms with Gasteiger partial charge in [-0.2, -0.15) is 17.0 Å². The minimum Gasteiger partial charge on any atom is -0.427 e. The zero-order valence-electron chi connectivity index (χ0n) is 15.8. The maximum atomic E-state index is 13.4. The van der Waals surface area contributed by atoms with Gasteiger partial charge in [-0.15, -0.1) is 0 Å². The Hall–Kier alpha value is -0.225. The van der Waals surface area contributed by atoms with E-state index in [0.717, 1.165) is 25.7 Å². The third kappa shape index (κ3) is 4.11. The van der Waals surface area contributed by atoms with Gasteiger partial charge in [-0.3, -0.25) is 0 Å². The van der Waals surface area contributed by atoms with Gasteiger partial charge >= 0.3 is 7.12 Å². The molecule has 6 N–H and O–H groups in total. The Morgan fingerprint density at radius 1 is 1.31 bits per heavy atom. The molecule has 0 aromatic rings.